The highest BCUT2D eigenvalue weighted by Gasteiger charge is 2.04. The first kappa shape index (κ1) is 10.1. The molecule has 0 aliphatic rings. The third-order valence-corrected chi connectivity index (χ3v) is 2.27. The molecule has 4 nitrogen and oxygen atoms in total. The van der Waals surface area contributed by atoms with Gasteiger partial charge in [0.15, 0.2) is 10.5 Å². The van der Waals surface area contributed by atoms with Crippen LogP contribution in [0.1, 0.15) is 0 Å². The highest BCUT2D eigenvalue weighted by Crippen LogP contribution is 2.15. The fourth-order valence-corrected chi connectivity index (χ4v) is 1.42. The smallest absolute Gasteiger partial charge is 0.278 e. The van der Waals surface area contributed by atoms with E-state index in [2.05, 4.69) is 15.2 Å². The van der Waals surface area contributed by atoms with Gasteiger partial charge < -0.3 is 0 Å². The Hall–Kier alpha value is -1.46. The number of nitrogens with zero attached hydrogens (tertiary/aromatic N) is 1. The van der Waals surface area contributed by atoms with Crippen molar-refractivity contribution in [3.63, 3.8) is 0 Å². The molecule has 0 bridgehead atoms. The van der Waals surface area contributed by atoms with E-state index in [9.17, 15) is 4.79 Å². The molecule has 0 fully saturated rings. The number of halogens is 1. The summed E-state index contributed by atoms with van der Waals surface area (Å²) in [5.74, 6) is 0. The van der Waals surface area contributed by atoms with E-state index in [-0.39, 0.29) is 10.3 Å². The minimum atomic E-state index is -0.318. The normalized spacial score (nSPS) is 10.2. The molecule has 76 valence electrons. The number of H-pyrrole nitrogens is 2. The van der Waals surface area contributed by atoms with Crippen LogP contribution in [0.15, 0.2) is 29.1 Å². The van der Waals surface area contributed by atoms with Crippen LogP contribution in [-0.4, -0.2) is 15.2 Å². The van der Waals surface area contributed by atoms with Crippen LogP contribution >= 0.6 is 23.8 Å². The minimum Gasteiger partial charge on any atom is -0.296 e. The Balaban J connectivity index is 2.59. The molecule has 0 spiro atoms. The molecule has 6 heteroatoms. The van der Waals surface area contributed by atoms with E-state index < -0.39 is 0 Å². The summed E-state index contributed by atoms with van der Waals surface area (Å²) in [5.41, 5.74) is 0.660. The first-order chi connectivity index (χ1) is 7.16. The molecule has 0 saturated carbocycles. The van der Waals surface area contributed by atoms with Crippen LogP contribution < -0.4 is 5.56 Å². The van der Waals surface area contributed by atoms with Crippen molar-refractivity contribution in [2.24, 2.45) is 0 Å². The lowest BCUT2D eigenvalue weighted by molar-refractivity contribution is 0.932. The largest absolute Gasteiger partial charge is 0.296 e. The van der Waals surface area contributed by atoms with Gasteiger partial charge in [0, 0.05) is 10.6 Å². The van der Waals surface area contributed by atoms with Gasteiger partial charge in [-0.05, 0) is 24.4 Å². The first-order valence-electron chi connectivity index (χ1n) is 4.12. The van der Waals surface area contributed by atoms with Gasteiger partial charge in [-0.2, -0.15) is 5.10 Å². The molecule has 1 aromatic carbocycles. The van der Waals surface area contributed by atoms with Gasteiger partial charge in [0.25, 0.3) is 5.56 Å². The fraction of sp³-hybridized carbons (Fsp3) is 0. The van der Waals surface area contributed by atoms with Crippen LogP contribution in [0.3, 0.4) is 0 Å². The van der Waals surface area contributed by atoms with Crippen molar-refractivity contribution in [3.8, 4) is 11.3 Å². The topological polar surface area (TPSA) is 61.5 Å². The van der Waals surface area contributed by atoms with E-state index in [0.717, 1.165) is 0 Å². The molecule has 0 atom stereocenters. The van der Waals surface area contributed by atoms with Crippen LogP contribution in [0.2, 0.25) is 5.02 Å². The van der Waals surface area contributed by atoms with Gasteiger partial charge in [0.05, 0.1) is 0 Å². The summed E-state index contributed by atoms with van der Waals surface area (Å²) in [4.78, 5) is 13.9. The molecule has 2 aromatic rings. The summed E-state index contributed by atoms with van der Waals surface area (Å²) in [7, 11) is 0. The van der Waals surface area contributed by atoms with Crippen molar-refractivity contribution < 1.29 is 0 Å². The molecule has 0 aliphatic heterocycles. The van der Waals surface area contributed by atoms with Gasteiger partial charge in [-0.1, -0.05) is 23.7 Å². The second-order valence-electron chi connectivity index (χ2n) is 2.86. The molecule has 0 saturated heterocycles. The van der Waals surface area contributed by atoms with E-state index in [0.29, 0.717) is 16.3 Å². The maximum Gasteiger partial charge on any atom is 0.278 e. The zero-order valence-electron chi connectivity index (χ0n) is 7.45. The monoisotopic (exact) mass is 239 g/mol. The fourth-order valence-electron chi connectivity index (χ4n) is 1.15. The van der Waals surface area contributed by atoms with E-state index in [1.807, 2.05) is 0 Å². The second-order valence-corrected chi connectivity index (χ2v) is 3.71. The van der Waals surface area contributed by atoms with Crippen LogP contribution in [-0.2, 0) is 0 Å². The van der Waals surface area contributed by atoms with E-state index in [1.54, 1.807) is 24.3 Å². The molecule has 0 unspecified atom stereocenters. The third kappa shape index (κ3) is 2.14. The van der Waals surface area contributed by atoms with Gasteiger partial charge in [-0.25, -0.2) is 0 Å². The molecule has 1 aromatic heterocycles. The van der Waals surface area contributed by atoms with Crippen LogP contribution in [0.25, 0.3) is 11.3 Å². The van der Waals surface area contributed by atoms with Crippen molar-refractivity contribution >= 4 is 23.8 Å². The Morgan fingerprint density at radius 3 is 2.53 bits per heavy atom. The predicted octanol–water partition coefficient (Wildman–Crippen LogP) is 2.15. The minimum absolute atomic E-state index is 0.206. The molecule has 15 heavy (non-hydrogen) atoms. The zero-order chi connectivity index (χ0) is 10.8. The van der Waals surface area contributed by atoms with Crippen molar-refractivity contribution in [2.75, 3.05) is 0 Å². The SMILES string of the molecule is O=c1[nH]c(=S)[nH]nc1-c1ccc(Cl)cc1. The lowest BCUT2D eigenvalue weighted by Gasteiger charge is -1.98. The van der Waals surface area contributed by atoms with E-state index in [4.69, 9.17) is 23.8 Å². The number of hydrogen-bond acceptors (Lipinski definition) is 3. The van der Waals surface area contributed by atoms with Gasteiger partial charge in [0.2, 0.25) is 0 Å². The number of rotatable bonds is 1. The third-order valence-electron chi connectivity index (χ3n) is 1.83. The molecule has 1 heterocycles. The van der Waals surface area contributed by atoms with Gasteiger partial charge >= 0.3 is 0 Å². The Kier molecular flexibility index (Phi) is 2.66. The number of aromatic nitrogens is 3. The average Bonchev–Trinajstić information content (AvgIpc) is 2.20. The maximum absolute atomic E-state index is 11.5. The molecule has 2 N–H and O–H groups in total. The Morgan fingerprint density at radius 1 is 1.27 bits per heavy atom. The second kappa shape index (κ2) is 3.96. The standard InChI is InChI=1S/C9H6ClN3OS/c10-6-3-1-5(2-4-6)7-8(14)11-9(15)13-12-7/h1-4H,(H2,11,13,14,15). The van der Waals surface area contributed by atoms with Crippen LogP contribution in [0.4, 0.5) is 0 Å². The number of benzene rings is 1. The lowest BCUT2D eigenvalue weighted by Crippen LogP contribution is -2.12. The van der Waals surface area contributed by atoms with Crippen molar-refractivity contribution in [3.05, 3.63) is 44.4 Å². The quantitative estimate of drug-likeness (QED) is 0.750. The van der Waals surface area contributed by atoms with Gasteiger partial charge in [0.1, 0.15) is 0 Å². The zero-order valence-corrected chi connectivity index (χ0v) is 9.02. The highest BCUT2D eigenvalue weighted by atomic mass is 35.5. The average molecular weight is 240 g/mol. The summed E-state index contributed by atoms with van der Waals surface area (Å²) in [6.07, 6.45) is 0. The molecular formula is C9H6ClN3OS. The summed E-state index contributed by atoms with van der Waals surface area (Å²) in [6, 6.07) is 6.83. The van der Waals surface area contributed by atoms with Gasteiger partial charge in [-0.3, -0.25) is 14.9 Å². The Morgan fingerprint density at radius 2 is 1.93 bits per heavy atom. The van der Waals surface area contributed by atoms with Crippen molar-refractivity contribution in [1.29, 1.82) is 0 Å². The number of nitrogens with one attached hydrogen (secondary N) is 2. The first-order valence-corrected chi connectivity index (χ1v) is 4.90. The summed E-state index contributed by atoms with van der Waals surface area (Å²) in [5, 5.41) is 7.00. The molecule has 0 radical (unpaired) electrons. The highest BCUT2D eigenvalue weighted by molar-refractivity contribution is 7.71. The summed E-state index contributed by atoms with van der Waals surface area (Å²) >= 11 is 10.5. The lowest BCUT2D eigenvalue weighted by atomic mass is 10.2. The number of aromatic amines is 2. The molecule has 0 aliphatic carbocycles. The Labute approximate surface area is 94.9 Å². The molecule has 2 rings (SSSR count). The predicted molar refractivity (Wildman–Crippen MR) is 60.5 cm³/mol. The van der Waals surface area contributed by atoms with E-state index in [1.165, 1.54) is 0 Å². The van der Waals surface area contributed by atoms with Crippen molar-refractivity contribution in [2.45, 2.75) is 0 Å². The molecular weight excluding hydrogens is 234 g/mol. The molecule has 0 amide bonds. The van der Waals surface area contributed by atoms with Crippen molar-refractivity contribution in [1.82, 2.24) is 15.2 Å². The summed E-state index contributed by atoms with van der Waals surface area (Å²) < 4.78 is 0.206. The number of hydrogen-bond donors (Lipinski definition) is 2. The van der Waals surface area contributed by atoms with Crippen LogP contribution in [0, 0.1) is 4.77 Å². The maximum atomic E-state index is 11.5. The summed E-state index contributed by atoms with van der Waals surface area (Å²) in [6.45, 7) is 0. The van der Waals surface area contributed by atoms with E-state index >= 15 is 0 Å². The van der Waals surface area contributed by atoms with Gasteiger partial charge in [-0.15, -0.1) is 0 Å². The van der Waals surface area contributed by atoms with Crippen LogP contribution in [0.5, 0.6) is 0 Å². The Bertz CT molecular complexity index is 587.